The number of ether oxygens (including phenoxy) is 1. The van der Waals surface area contributed by atoms with Gasteiger partial charge in [0.25, 0.3) is 0 Å². The van der Waals surface area contributed by atoms with Gasteiger partial charge in [0.1, 0.15) is 17.8 Å². The number of benzene rings is 1. The van der Waals surface area contributed by atoms with Crippen LogP contribution in [0.15, 0.2) is 36.7 Å². The van der Waals surface area contributed by atoms with E-state index in [9.17, 15) is 0 Å². The Bertz CT molecular complexity index is 604. The van der Waals surface area contributed by atoms with Crippen molar-refractivity contribution in [2.45, 2.75) is 27.7 Å². The van der Waals surface area contributed by atoms with Crippen LogP contribution in [0.3, 0.4) is 0 Å². The summed E-state index contributed by atoms with van der Waals surface area (Å²) >= 11 is 0. The molecule has 0 saturated heterocycles. The SMILES string of the molecule is CC(C)CN(CC(C)C)c1ncnc(Oc2ccccc2)c1N. The third kappa shape index (κ3) is 4.84. The third-order valence-electron chi connectivity index (χ3n) is 3.25. The molecule has 0 bridgehead atoms. The van der Waals surface area contributed by atoms with E-state index in [1.807, 2.05) is 30.3 Å². The van der Waals surface area contributed by atoms with Gasteiger partial charge in [-0.15, -0.1) is 0 Å². The highest BCUT2D eigenvalue weighted by Gasteiger charge is 2.18. The van der Waals surface area contributed by atoms with Crippen molar-refractivity contribution in [3.8, 4) is 11.6 Å². The van der Waals surface area contributed by atoms with Crippen molar-refractivity contribution in [3.63, 3.8) is 0 Å². The van der Waals surface area contributed by atoms with Gasteiger partial charge in [0, 0.05) is 13.1 Å². The molecule has 0 spiro atoms. The molecule has 124 valence electrons. The highest BCUT2D eigenvalue weighted by molar-refractivity contribution is 5.68. The molecule has 0 aliphatic heterocycles. The predicted molar refractivity (Wildman–Crippen MR) is 94.8 cm³/mol. The summed E-state index contributed by atoms with van der Waals surface area (Å²) < 4.78 is 5.81. The zero-order valence-corrected chi connectivity index (χ0v) is 14.4. The van der Waals surface area contributed by atoms with Crippen molar-refractivity contribution in [2.24, 2.45) is 11.8 Å². The molecule has 5 nitrogen and oxygen atoms in total. The molecule has 1 aromatic carbocycles. The molecule has 2 aromatic rings. The van der Waals surface area contributed by atoms with E-state index in [4.69, 9.17) is 10.5 Å². The number of anilines is 2. The minimum atomic E-state index is 0.402. The standard InChI is InChI=1S/C18H26N4O/c1-13(2)10-22(11-14(3)4)17-16(19)18(21-12-20-17)23-15-8-6-5-7-9-15/h5-9,12-14H,10-11,19H2,1-4H3. The molecule has 0 atom stereocenters. The number of aromatic nitrogens is 2. The maximum atomic E-state index is 6.29. The van der Waals surface area contributed by atoms with Crippen molar-refractivity contribution < 1.29 is 4.74 Å². The minimum absolute atomic E-state index is 0.402. The van der Waals surface area contributed by atoms with Crippen molar-refractivity contribution >= 4 is 11.5 Å². The molecule has 23 heavy (non-hydrogen) atoms. The zero-order chi connectivity index (χ0) is 16.8. The second-order valence-corrected chi connectivity index (χ2v) is 6.52. The molecule has 1 aromatic heterocycles. The largest absolute Gasteiger partial charge is 0.437 e. The van der Waals surface area contributed by atoms with Gasteiger partial charge in [0.2, 0.25) is 5.88 Å². The summed E-state index contributed by atoms with van der Waals surface area (Å²) in [7, 11) is 0. The average molecular weight is 314 g/mol. The Balaban J connectivity index is 2.29. The highest BCUT2D eigenvalue weighted by atomic mass is 16.5. The summed E-state index contributed by atoms with van der Waals surface area (Å²) in [5, 5.41) is 0. The molecule has 2 rings (SSSR count). The molecule has 0 aliphatic carbocycles. The molecular weight excluding hydrogens is 288 g/mol. The Hall–Kier alpha value is -2.30. The van der Waals surface area contributed by atoms with E-state index < -0.39 is 0 Å². The Morgan fingerprint density at radius 1 is 1.00 bits per heavy atom. The summed E-state index contributed by atoms with van der Waals surface area (Å²) in [4.78, 5) is 10.8. The molecule has 0 amide bonds. The number of hydrogen-bond acceptors (Lipinski definition) is 5. The van der Waals surface area contributed by atoms with Gasteiger partial charge in [-0.25, -0.2) is 4.98 Å². The van der Waals surface area contributed by atoms with Crippen LogP contribution in [0.1, 0.15) is 27.7 Å². The summed E-state index contributed by atoms with van der Waals surface area (Å²) in [5.41, 5.74) is 6.78. The summed E-state index contributed by atoms with van der Waals surface area (Å²) in [6.07, 6.45) is 1.51. The first-order valence-corrected chi connectivity index (χ1v) is 8.05. The lowest BCUT2D eigenvalue weighted by atomic mass is 10.1. The fraction of sp³-hybridized carbons (Fsp3) is 0.444. The summed E-state index contributed by atoms with van der Waals surface area (Å²) in [5.74, 6) is 2.89. The first-order valence-electron chi connectivity index (χ1n) is 8.05. The molecule has 0 aliphatic rings. The molecule has 1 heterocycles. The maximum Gasteiger partial charge on any atom is 0.248 e. The molecule has 0 radical (unpaired) electrons. The number of hydrogen-bond donors (Lipinski definition) is 1. The van der Waals surface area contributed by atoms with Gasteiger partial charge >= 0.3 is 0 Å². The van der Waals surface area contributed by atoms with Crippen LogP contribution in [0.25, 0.3) is 0 Å². The third-order valence-corrected chi connectivity index (χ3v) is 3.25. The first kappa shape index (κ1) is 17.1. The van der Waals surface area contributed by atoms with Gasteiger partial charge in [-0.3, -0.25) is 0 Å². The van der Waals surface area contributed by atoms with E-state index in [1.54, 1.807) is 0 Å². The van der Waals surface area contributed by atoms with Crippen molar-refractivity contribution in [1.82, 2.24) is 9.97 Å². The van der Waals surface area contributed by atoms with Crippen molar-refractivity contribution in [2.75, 3.05) is 23.7 Å². The van der Waals surface area contributed by atoms with Crippen LogP contribution in [0.2, 0.25) is 0 Å². The minimum Gasteiger partial charge on any atom is -0.437 e. The topological polar surface area (TPSA) is 64.3 Å². The van der Waals surface area contributed by atoms with E-state index >= 15 is 0 Å². The lowest BCUT2D eigenvalue weighted by Crippen LogP contribution is -2.32. The Labute approximate surface area is 138 Å². The molecule has 0 fully saturated rings. The normalized spacial score (nSPS) is 11.0. The van der Waals surface area contributed by atoms with Gasteiger partial charge in [0.15, 0.2) is 5.82 Å². The van der Waals surface area contributed by atoms with Gasteiger partial charge in [-0.2, -0.15) is 4.98 Å². The lowest BCUT2D eigenvalue weighted by Gasteiger charge is -2.28. The van der Waals surface area contributed by atoms with Crippen LogP contribution in [0, 0.1) is 11.8 Å². The van der Waals surface area contributed by atoms with E-state index in [0.717, 1.165) is 18.9 Å². The number of nitrogens with zero attached hydrogens (tertiary/aromatic N) is 3. The number of nitrogens with two attached hydrogens (primary N) is 1. The molecule has 0 saturated carbocycles. The quantitative estimate of drug-likeness (QED) is 0.837. The van der Waals surface area contributed by atoms with E-state index in [1.165, 1.54) is 6.33 Å². The second-order valence-electron chi connectivity index (χ2n) is 6.52. The zero-order valence-electron chi connectivity index (χ0n) is 14.4. The van der Waals surface area contributed by atoms with Crippen molar-refractivity contribution in [3.05, 3.63) is 36.7 Å². The highest BCUT2D eigenvalue weighted by Crippen LogP contribution is 2.31. The summed E-state index contributed by atoms with van der Waals surface area (Å²) in [6, 6.07) is 9.52. The Kier molecular flexibility index (Phi) is 5.79. The van der Waals surface area contributed by atoms with E-state index in [-0.39, 0.29) is 0 Å². The fourth-order valence-corrected chi connectivity index (χ4v) is 2.43. The number of para-hydroxylation sites is 1. The lowest BCUT2D eigenvalue weighted by molar-refractivity contribution is 0.463. The monoisotopic (exact) mass is 314 g/mol. The van der Waals surface area contributed by atoms with Crippen LogP contribution in [0.4, 0.5) is 11.5 Å². The molecule has 5 heteroatoms. The number of nitrogen functional groups attached to an aromatic ring is 1. The predicted octanol–water partition coefficient (Wildman–Crippen LogP) is 3.97. The smallest absolute Gasteiger partial charge is 0.248 e. The molecule has 2 N–H and O–H groups in total. The van der Waals surface area contributed by atoms with E-state index in [2.05, 4.69) is 42.6 Å². The van der Waals surface area contributed by atoms with Crippen LogP contribution in [-0.2, 0) is 0 Å². The fourth-order valence-electron chi connectivity index (χ4n) is 2.43. The van der Waals surface area contributed by atoms with Crippen LogP contribution in [-0.4, -0.2) is 23.1 Å². The molecule has 0 unspecified atom stereocenters. The summed E-state index contributed by atoms with van der Waals surface area (Å²) in [6.45, 7) is 10.5. The first-order chi connectivity index (χ1) is 11.0. The van der Waals surface area contributed by atoms with Crippen LogP contribution < -0.4 is 15.4 Å². The van der Waals surface area contributed by atoms with Crippen LogP contribution in [0.5, 0.6) is 11.6 Å². The van der Waals surface area contributed by atoms with E-state index in [0.29, 0.717) is 29.2 Å². The average Bonchev–Trinajstić information content (AvgIpc) is 2.49. The van der Waals surface area contributed by atoms with Gasteiger partial charge in [0.05, 0.1) is 0 Å². The van der Waals surface area contributed by atoms with Crippen molar-refractivity contribution in [1.29, 1.82) is 0 Å². The Morgan fingerprint density at radius 2 is 1.61 bits per heavy atom. The van der Waals surface area contributed by atoms with Gasteiger partial charge in [-0.1, -0.05) is 45.9 Å². The molecular formula is C18H26N4O. The van der Waals surface area contributed by atoms with Gasteiger partial charge in [-0.05, 0) is 24.0 Å². The maximum absolute atomic E-state index is 6.29. The second kappa shape index (κ2) is 7.81. The number of rotatable bonds is 7. The van der Waals surface area contributed by atoms with Crippen LogP contribution >= 0.6 is 0 Å². The van der Waals surface area contributed by atoms with Gasteiger partial charge < -0.3 is 15.4 Å². The Morgan fingerprint density at radius 3 is 2.17 bits per heavy atom.